The van der Waals surface area contributed by atoms with Crippen LogP contribution in [0.5, 0.6) is 0 Å². The lowest BCUT2D eigenvalue weighted by molar-refractivity contribution is -0.732. The average Bonchev–Trinajstić information content (AvgIpc) is 2.42. The van der Waals surface area contributed by atoms with E-state index in [1.807, 2.05) is 4.57 Å². The van der Waals surface area contributed by atoms with E-state index in [9.17, 15) is 4.79 Å². The first kappa shape index (κ1) is 15.6. The van der Waals surface area contributed by atoms with Gasteiger partial charge >= 0.3 is 0 Å². The number of primary amides is 1. The highest BCUT2D eigenvalue weighted by Gasteiger charge is 2.04. The molecule has 4 heteroatoms. The first-order valence-corrected chi connectivity index (χ1v) is 7.10. The third-order valence-corrected chi connectivity index (χ3v) is 3.06. The number of unbranched alkanes of at least 4 members (excludes halogenated alkanes) is 5. The Hall–Kier alpha value is -1.42. The Morgan fingerprint density at radius 3 is 2.42 bits per heavy atom. The minimum absolute atomic E-state index is 0.403. The zero-order valence-corrected chi connectivity index (χ0v) is 11.8. The molecule has 0 aliphatic rings. The molecular weight excluding hydrogens is 240 g/mol. The van der Waals surface area contributed by atoms with Gasteiger partial charge in [0.1, 0.15) is 0 Å². The molecule has 0 aromatic carbocycles. The van der Waals surface area contributed by atoms with E-state index in [1.165, 1.54) is 32.1 Å². The number of carbonyl (C=O) groups is 1. The number of pyridine rings is 1. The summed E-state index contributed by atoms with van der Waals surface area (Å²) < 4.78 is 7.47. The lowest BCUT2D eigenvalue weighted by Crippen LogP contribution is -2.34. The van der Waals surface area contributed by atoms with Gasteiger partial charge in [-0.2, -0.15) is 4.57 Å². The maximum atomic E-state index is 10.9. The lowest BCUT2D eigenvalue weighted by Gasteiger charge is -2.02. The molecule has 0 radical (unpaired) electrons. The van der Waals surface area contributed by atoms with Crippen LogP contribution in [0.3, 0.4) is 0 Å². The fourth-order valence-corrected chi connectivity index (χ4v) is 1.86. The van der Waals surface area contributed by atoms with Crippen LogP contribution < -0.4 is 10.3 Å². The van der Waals surface area contributed by atoms with Crippen molar-refractivity contribution in [1.82, 2.24) is 0 Å². The topological polar surface area (TPSA) is 56.2 Å². The zero-order valence-electron chi connectivity index (χ0n) is 11.8. The fourth-order valence-electron chi connectivity index (χ4n) is 1.86. The van der Waals surface area contributed by atoms with Crippen molar-refractivity contribution in [2.24, 2.45) is 5.73 Å². The summed E-state index contributed by atoms with van der Waals surface area (Å²) in [6.07, 6.45) is 11.2. The van der Waals surface area contributed by atoms with E-state index < -0.39 is 5.91 Å². The number of hydrogen-bond acceptors (Lipinski definition) is 2. The Kier molecular flexibility index (Phi) is 7.82. The summed E-state index contributed by atoms with van der Waals surface area (Å²) in [6, 6.07) is 3.41. The number of hydrogen-bond donors (Lipinski definition) is 1. The number of ether oxygens (including phenoxy) is 1. The Morgan fingerprint density at radius 1 is 1.16 bits per heavy atom. The van der Waals surface area contributed by atoms with Crippen LogP contribution in [0.4, 0.5) is 0 Å². The number of nitrogens with zero attached hydrogens (tertiary/aromatic N) is 1. The van der Waals surface area contributed by atoms with E-state index in [0.29, 0.717) is 12.3 Å². The van der Waals surface area contributed by atoms with Crippen LogP contribution in [-0.2, 0) is 11.5 Å². The van der Waals surface area contributed by atoms with Gasteiger partial charge < -0.3 is 10.5 Å². The van der Waals surface area contributed by atoms with E-state index >= 15 is 0 Å². The molecule has 0 fully saturated rings. The Labute approximate surface area is 115 Å². The maximum Gasteiger partial charge on any atom is 0.252 e. The maximum absolute atomic E-state index is 10.9. The first-order chi connectivity index (χ1) is 9.24. The SMILES string of the molecule is CCCCCCCCOC[n+]1ccc(C(N)=O)cc1. The van der Waals surface area contributed by atoms with Crippen LogP contribution in [-0.4, -0.2) is 12.5 Å². The summed E-state index contributed by atoms with van der Waals surface area (Å²) in [5.74, 6) is -0.403. The summed E-state index contributed by atoms with van der Waals surface area (Å²) in [5, 5.41) is 0. The van der Waals surface area contributed by atoms with Crippen molar-refractivity contribution in [2.45, 2.75) is 52.2 Å². The van der Waals surface area contributed by atoms with Gasteiger partial charge in [0.05, 0.1) is 12.2 Å². The lowest BCUT2D eigenvalue weighted by atomic mass is 10.1. The summed E-state index contributed by atoms with van der Waals surface area (Å²) in [4.78, 5) is 10.9. The quantitative estimate of drug-likeness (QED) is 0.521. The highest BCUT2D eigenvalue weighted by molar-refractivity contribution is 5.92. The average molecular weight is 265 g/mol. The van der Waals surface area contributed by atoms with Gasteiger partial charge in [-0.3, -0.25) is 4.79 Å². The second-order valence-electron chi connectivity index (χ2n) is 4.77. The molecule has 2 N–H and O–H groups in total. The van der Waals surface area contributed by atoms with Crippen LogP contribution in [0, 0.1) is 0 Å². The van der Waals surface area contributed by atoms with Crippen molar-refractivity contribution in [2.75, 3.05) is 6.61 Å². The molecule has 0 unspecified atom stereocenters. The third kappa shape index (κ3) is 6.91. The van der Waals surface area contributed by atoms with Crippen LogP contribution >= 0.6 is 0 Å². The molecule has 0 aliphatic heterocycles. The molecule has 0 atom stereocenters. The third-order valence-electron chi connectivity index (χ3n) is 3.06. The van der Waals surface area contributed by atoms with Gasteiger partial charge in [-0.25, -0.2) is 0 Å². The molecule has 1 amide bonds. The normalized spacial score (nSPS) is 10.6. The minimum Gasteiger partial charge on any atom is -0.366 e. The number of nitrogens with two attached hydrogens (primary N) is 1. The van der Waals surface area contributed by atoms with Gasteiger partial charge in [-0.05, 0) is 6.42 Å². The van der Waals surface area contributed by atoms with Crippen molar-refractivity contribution >= 4 is 5.91 Å². The first-order valence-electron chi connectivity index (χ1n) is 7.10. The van der Waals surface area contributed by atoms with Crippen molar-refractivity contribution in [3.8, 4) is 0 Å². The molecule has 0 saturated carbocycles. The molecule has 1 rings (SSSR count). The zero-order chi connectivity index (χ0) is 13.9. The van der Waals surface area contributed by atoms with Crippen LogP contribution in [0.15, 0.2) is 24.5 Å². The molecule has 0 bridgehead atoms. The second kappa shape index (κ2) is 9.50. The summed E-state index contributed by atoms with van der Waals surface area (Å²) in [5.41, 5.74) is 5.69. The number of aromatic nitrogens is 1. The predicted molar refractivity (Wildman–Crippen MR) is 74.5 cm³/mol. The Morgan fingerprint density at radius 2 is 1.79 bits per heavy atom. The number of amides is 1. The highest BCUT2D eigenvalue weighted by atomic mass is 16.5. The molecular formula is C15H25N2O2+. The summed E-state index contributed by atoms with van der Waals surface area (Å²) in [6.45, 7) is 3.54. The predicted octanol–water partition coefficient (Wildman–Crippen LogP) is 2.41. The number of carbonyl (C=O) groups excluding carboxylic acids is 1. The molecule has 19 heavy (non-hydrogen) atoms. The Balaban J connectivity index is 2.07. The van der Waals surface area contributed by atoms with E-state index in [0.717, 1.165) is 13.0 Å². The van der Waals surface area contributed by atoms with Crippen molar-refractivity contribution in [1.29, 1.82) is 0 Å². The van der Waals surface area contributed by atoms with E-state index in [4.69, 9.17) is 10.5 Å². The van der Waals surface area contributed by atoms with Gasteiger partial charge in [-0.1, -0.05) is 39.0 Å². The van der Waals surface area contributed by atoms with Crippen molar-refractivity contribution in [3.63, 3.8) is 0 Å². The molecule has 1 heterocycles. The molecule has 1 aromatic heterocycles. The smallest absolute Gasteiger partial charge is 0.252 e. The van der Waals surface area contributed by atoms with Crippen LogP contribution in [0.1, 0.15) is 55.8 Å². The summed E-state index contributed by atoms with van der Waals surface area (Å²) in [7, 11) is 0. The van der Waals surface area contributed by atoms with Gasteiger partial charge in [0, 0.05) is 12.1 Å². The van der Waals surface area contributed by atoms with E-state index in [-0.39, 0.29) is 0 Å². The van der Waals surface area contributed by atoms with Gasteiger partial charge in [-0.15, -0.1) is 0 Å². The monoisotopic (exact) mass is 265 g/mol. The van der Waals surface area contributed by atoms with Crippen LogP contribution in [0.25, 0.3) is 0 Å². The standard InChI is InChI=1S/C15H24N2O2/c1-2-3-4-5-6-7-12-19-13-17-10-8-14(9-11-17)15(16)18/h8-11H,2-7,12-13H2,1H3,(H-,16,18)/p+1. The Bertz CT molecular complexity index is 363. The molecule has 1 aromatic rings. The second-order valence-corrected chi connectivity index (χ2v) is 4.77. The van der Waals surface area contributed by atoms with Gasteiger partial charge in [0.15, 0.2) is 12.4 Å². The molecule has 0 saturated heterocycles. The molecule has 106 valence electrons. The van der Waals surface area contributed by atoms with E-state index in [1.54, 1.807) is 24.5 Å². The van der Waals surface area contributed by atoms with Crippen LogP contribution in [0.2, 0.25) is 0 Å². The van der Waals surface area contributed by atoms with Gasteiger partial charge in [0.2, 0.25) is 5.91 Å². The highest BCUT2D eigenvalue weighted by Crippen LogP contribution is 2.04. The van der Waals surface area contributed by atoms with E-state index in [2.05, 4.69) is 6.92 Å². The molecule has 0 aliphatic carbocycles. The van der Waals surface area contributed by atoms with Gasteiger partial charge in [0.25, 0.3) is 6.73 Å². The molecule has 0 spiro atoms. The van der Waals surface area contributed by atoms with Crippen molar-refractivity contribution < 1.29 is 14.1 Å². The summed E-state index contributed by atoms with van der Waals surface area (Å²) >= 11 is 0. The largest absolute Gasteiger partial charge is 0.366 e. The minimum atomic E-state index is -0.403. The number of rotatable bonds is 10. The molecule has 4 nitrogen and oxygen atoms in total. The fraction of sp³-hybridized carbons (Fsp3) is 0.600. The van der Waals surface area contributed by atoms with Crippen molar-refractivity contribution in [3.05, 3.63) is 30.1 Å².